The van der Waals surface area contributed by atoms with Crippen LogP contribution in [0.4, 0.5) is 0 Å². The van der Waals surface area contributed by atoms with Crippen molar-refractivity contribution >= 4 is 5.97 Å². The summed E-state index contributed by atoms with van der Waals surface area (Å²) >= 11 is 0. The van der Waals surface area contributed by atoms with Crippen molar-refractivity contribution in [1.29, 1.82) is 0 Å². The zero-order valence-corrected chi connectivity index (χ0v) is 12.6. The highest BCUT2D eigenvalue weighted by Gasteiger charge is 2.08. The number of unbranched alkanes of at least 4 members (excludes halogenated alkanes) is 6. The number of carboxylic acid groups (broad SMARTS) is 1. The van der Waals surface area contributed by atoms with Crippen molar-refractivity contribution in [2.45, 2.75) is 85.0 Å². The van der Waals surface area contributed by atoms with E-state index in [1.165, 1.54) is 44.9 Å². The Morgan fingerprint density at radius 2 is 1.39 bits per heavy atom. The van der Waals surface area contributed by atoms with Gasteiger partial charge < -0.3 is 5.11 Å². The first-order valence-electron chi connectivity index (χ1n) is 7.79. The van der Waals surface area contributed by atoms with Crippen molar-refractivity contribution in [3.05, 3.63) is 0 Å². The van der Waals surface area contributed by atoms with Gasteiger partial charge in [0.15, 0.2) is 0 Å². The maximum Gasteiger partial charge on any atom is 0.303 e. The molecule has 0 aliphatic carbocycles. The van der Waals surface area contributed by atoms with E-state index in [9.17, 15) is 4.79 Å². The Kier molecular flexibility index (Phi) is 11.2. The van der Waals surface area contributed by atoms with Gasteiger partial charge in [-0.15, -0.1) is 0 Å². The van der Waals surface area contributed by atoms with Gasteiger partial charge in [0, 0.05) is 6.42 Å². The molecule has 0 saturated heterocycles. The summed E-state index contributed by atoms with van der Waals surface area (Å²) in [6, 6.07) is 0. The van der Waals surface area contributed by atoms with E-state index >= 15 is 0 Å². The zero-order valence-electron chi connectivity index (χ0n) is 12.6. The van der Waals surface area contributed by atoms with E-state index < -0.39 is 5.97 Å². The second-order valence-corrected chi connectivity index (χ2v) is 5.77. The largest absolute Gasteiger partial charge is 0.481 e. The Balaban J connectivity index is 3.18. The van der Waals surface area contributed by atoms with E-state index in [0.29, 0.717) is 6.42 Å². The van der Waals surface area contributed by atoms with E-state index in [2.05, 4.69) is 20.8 Å². The van der Waals surface area contributed by atoms with Gasteiger partial charge in [-0.3, -0.25) is 4.79 Å². The minimum absolute atomic E-state index is 0.340. The van der Waals surface area contributed by atoms with Crippen LogP contribution in [0.2, 0.25) is 0 Å². The standard InChI is InChI=1S/C16H32O2/c1-4-14(2)15(3)12-10-8-6-5-7-9-11-13-16(17)18/h14-15H,4-13H2,1-3H3,(H,17,18). The molecule has 0 radical (unpaired) electrons. The summed E-state index contributed by atoms with van der Waals surface area (Å²) in [6.07, 6.45) is 11.4. The van der Waals surface area contributed by atoms with Crippen molar-refractivity contribution in [3.63, 3.8) is 0 Å². The van der Waals surface area contributed by atoms with E-state index in [-0.39, 0.29) is 0 Å². The van der Waals surface area contributed by atoms with Gasteiger partial charge in [-0.25, -0.2) is 0 Å². The van der Waals surface area contributed by atoms with Crippen LogP contribution in [-0.2, 0) is 4.79 Å². The third kappa shape index (κ3) is 10.6. The van der Waals surface area contributed by atoms with Crippen molar-refractivity contribution in [2.24, 2.45) is 11.8 Å². The normalized spacial score (nSPS) is 14.4. The molecule has 0 saturated carbocycles. The quantitative estimate of drug-likeness (QED) is 0.483. The predicted octanol–water partition coefficient (Wildman–Crippen LogP) is 5.26. The van der Waals surface area contributed by atoms with E-state index in [1.807, 2.05) is 0 Å². The van der Waals surface area contributed by atoms with Gasteiger partial charge in [-0.1, -0.05) is 72.1 Å². The highest BCUT2D eigenvalue weighted by Crippen LogP contribution is 2.21. The number of hydrogen-bond donors (Lipinski definition) is 1. The number of rotatable bonds is 12. The summed E-state index contributed by atoms with van der Waals surface area (Å²) in [5, 5.41) is 8.50. The maximum absolute atomic E-state index is 10.3. The van der Waals surface area contributed by atoms with Gasteiger partial charge in [0.2, 0.25) is 0 Å². The first kappa shape index (κ1) is 17.5. The van der Waals surface area contributed by atoms with E-state index in [4.69, 9.17) is 5.11 Å². The smallest absolute Gasteiger partial charge is 0.303 e. The molecular formula is C16H32O2. The molecule has 0 bridgehead atoms. The zero-order chi connectivity index (χ0) is 13.8. The summed E-state index contributed by atoms with van der Waals surface area (Å²) in [7, 11) is 0. The predicted molar refractivity (Wildman–Crippen MR) is 77.8 cm³/mol. The van der Waals surface area contributed by atoms with Gasteiger partial charge in [-0.05, 0) is 18.3 Å². The van der Waals surface area contributed by atoms with Crippen molar-refractivity contribution < 1.29 is 9.90 Å². The molecule has 108 valence electrons. The molecule has 0 aromatic rings. The van der Waals surface area contributed by atoms with Crippen LogP contribution in [0.15, 0.2) is 0 Å². The lowest BCUT2D eigenvalue weighted by molar-refractivity contribution is -0.137. The molecule has 0 spiro atoms. The molecule has 0 aliphatic rings. The van der Waals surface area contributed by atoms with Crippen LogP contribution in [-0.4, -0.2) is 11.1 Å². The fourth-order valence-electron chi connectivity index (χ4n) is 2.31. The van der Waals surface area contributed by atoms with Crippen LogP contribution in [0.25, 0.3) is 0 Å². The molecule has 0 aromatic carbocycles. The highest BCUT2D eigenvalue weighted by atomic mass is 16.4. The second-order valence-electron chi connectivity index (χ2n) is 5.77. The lowest BCUT2D eigenvalue weighted by atomic mass is 9.89. The van der Waals surface area contributed by atoms with Crippen LogP contribution >= 0.6 is 0 Å². The Morgan fingerprint density at radius 3 is 1.89 bits per heavy atom. The van der Waals surface area contributed by atoms with Crippen LogP contribution < -0.4 is 0 Å². The number of carboxylic acids is 1. The van der Waals surface area contributed by atoms with Gasteiger partial charge in [0.05, 0.1) is 0 Å². The molecule has 0 amide bonds. The molecule has 2 heteroatoms. The summed E-state index contributed by atoms with van der Waals surface area (Å²) in [5.41, 5.74) is 0. The van der Waals surface area contributed by atoms with Gasteiger partial charge in [-0.2, -0.15) is 0 Å². The van der Waals surface area contributed by atoms with Crippen molar-refractivity contribution in [3.8, 4) is 0 Å². The molecule has 0 aliphatic heterocycles. The molecule has 0 heterocycles. The van der Waals surface area contributed by atoms with Crippen LogP contribution in [0.5, 0.6) is 0 Å². The summed E-state index contributed by atoms with van der Waals surface area (Å²) < 4.78 is 0. The number of aliphatic carboxylic acids is 1. The Morgan fingerprint density at radius 1 is 0.889 bits per heavy atom. The fourth-order valence-corrected chi connectivity index (χ4v) is 2.31. The van der Waals surface area contributed by atoms with Crippen LogP contribution in [0.1, 0.15) is 85.0 Å². The summed E-state index contributed by atoms with van der Waals surface area (Å²) in [4.78, 5) is 10.3. The number of hydrogen-bond acceptors (Lipinski definition) is 1. The summed E-state index contributed by atoms with van der Waals surface area (Å²) in [6.45, 7) is 7.01. The Labute approximate surface area is 113 Å². The highest BCUT2D eigenvalue weighted by molar-refractivity contribution is 5.66. The average Bonchev–Trinajstić information content (AvgIpc) is 2.35. The van der Waals surface area contributed by atoms with Crippen LogP contribution in [0.3, 0.4) is 0 Å². The van der Waals surface area contributed by atoms with Crippen molar-refractivity contribution in [2.75, 3.05) is 0 Å². The molecule has 18 heavy (non-hydrogen) atoms. The SMILES string of the molecule is CCC(C)C(C)CCCCCCCCCC(=O)O. The summed E-state index contributed by atoms with van der Waals surface area (Å²) in [5.74, 6) is 1.07. The Hall–Kier alpha value is -0.530. The molecule has 0 fully saturated rings. The monoisotopic (exact) mass is 256 g/mol. The molecule has 1 N–H and O–H groups in total. The first-order valence-corrected chi connectivity index (χ1v) is 7.79. The van der Waals surface area contributed by atoms with Gasteiger partial charge >= 0.3 is 5.97 Å². The number of carbonyl (C=O) groups is 1. The van der Waals surface area contributed by atoms with Gasteiger partial charge in [0.1, 0.15) is 0 Å². The fraction of sp³-hybridized carbons (Fsp3) is 0.938. The van der Waals surface area contributed by atoms with Crippen molar-refractivity contribution in [1.82, 2.24) is 0 Å². The lowest BCUT2D eigenvalue weighted by Gasteiger charge is -2.17. The topological polar surface area (TPSA) is 37.3 Å². The minimum Gasteiger partial charge on any atom is -0.481 e. The van der Waals surface area contributed by atoms with Crippen LogP contribution in [0, 0.1) is 11.8 Å². The molecule has 2 nitrogen and oxygen atoms in total. The third-order valence-corrected chi connectivity index (χ3v) is 4.17. The van der Waals surface area contributed by atoms with E-state index in [1.54, 1.807) is 0 Å². The second kappa shape index (κ2) is 11.6. The molecule has 0 rings (SSSR count). The van der Waals surface area contributed by atoms with Gasteiger partial charge in [0.25, 0.3) is 0 Å². The molecule has 2 atom stereocenters. The Bertz CT molecular complexity index is 201. The van der Waals surface area contributed by atoms with E-state index in [0.717, 1.165) is 24.7 Å². The minimum atomic E-state index is -0.658. The third-order valence-electron chi connectivity index (χ3n) is 4.17. The average molecular weight is 256 g/mol. The molecule has 0 aromatic heterocycles. The maximum atomic E-state index is 10.3. The molecule has 2 unspecified atom stereocenters. The molecular weight excluding hydrogens is 224 g/mol. The first-order chi connectivity index (χ1) is 8.57. The lowest BCUT2D eigenvalue weighted by Crippen LogP contribution is -2.06.